The number of thiazole rings is 1. The van der Waals surface area contributed by atoms with Crippen LogP contribution in [0, 0.1) is 11.8 Å². The molecule has 1 aromatic carbocycles. The first-order chi connectivity index (χ1) is 24.2. The van der Waals surface area contributed by atoms with E-state index in [2.05, 4.69) is 27.8 Å². The van der Waals surface area contributed by atoms with Crippen LogP contribution in [-0.2, 0) is 24.0 Å². The van der Waals surface area contributed by atoms with E-state index in [1.54, 1.807) is 0 Å². The average molecular weight is 765 g/mol. The zero-order valence-corrected chi connectivity index (χ0v) is 29.5. The van der Waals surface area contributed by atoms with Crippen LogP contribution in [0.5, 0.6) is 11.5 Å². The average Bonchev–Trinajstić information content (AvgIpc) is 3.78. The van der Waals surface area contributed by atoms with Gasteiger partial charge in [0, 0.05) is 28.5 Å². The quantitative estimate of drug-likeness (QED) is 0.0525. The zero-order valence-electron chi connectivity index (χ0n) is 27.1. The molecule has 0 bridgehead atoms. The number of phenols is 2. The van der Waals surface area contributed by atoms with E-state index >= 15 is 0 Å². The smallest absolute Gasteiger partial charge is 0.352 e. The predicted molar refractivity (Wildman–Crippen MR) is 184 cm³/mol. The van der Waals surface area contributed by atoms with Crippen molar-refractivity contribution < 1.29 is 53.7 Å². The molecule has 3 aliphatic heterocycles. The Morgan fingerprint density at radius 3 is 2.53 bits per heavy atom. The van der Waals surface area contributed by atoms with Crippen molar-refractivity contribution in [1.82, 2.24) is 20.5 Å². The van der Waals surface area contributed by atoms with Crippen molar-refractivity contribution >= 4 is 75.2 Å². The number of likely N-dealkylation sites (tertiary alicyclic amines) is 1. The van der Waals surface area contributed by atoms with E-state index < -0.39 is 76.0 Å². The van der Waals surface area contributed by atoms with Crippen LogP contribution in [0.3, 0.4) is 0 Å². The van der Waals surface area contributed by atoms with Gasteiger partial charge in [-0.05, 0) is 25.0 Å². The number of nitrogen functional groups attached to an aromatic ring is 1. The lowest BCUT2D eigenvalue weighted by atomic mass is 10.0. The predicted octanol–water partition coefficient (Wildman–Crippen LogP) is 1.01. The molecule has 1 aliphatic carbocycles. The van der Waals surface area contributed by atoms with Crippen molar-refractivity contribution in [2.45, 2.75) is 36.8 Å². The zero-order chi connectivity index (χ0) is 36.8. The molecule has 3 fully saturated rings. The number of phenolic OH excluding ortho intramolecular Hbond substituents is 2. The number of carboxylic acid groups (broad SMARTS) is 2. The number of oxime groups is 1. The van der Waals surface area contributed by atoms with Gasteiger partial charge in [0.2, 0.25) is 6.10 Å². The van der Waals surface area contributed by atoms with E-state index in [-0.39, 0.29) is 22.1 Å². The summed E-state index contributed by atoms with van der Waals surface area (Å²) in [4.78, 5) is 74.5. The van der Waals surface area contributed by atoms with Gasteiger partial charge >= 0.3 is 11.9 Å². The molecule has 20 heteroatoms. The maximum absolute atomic E-state index is 13.6. The summed E-state index contributed by atoms with van der Waals surface area (Å²) in [5.74, 6) is -4.97. The summed E-state index contributed by atoms with van der Waals surface area (Å²) < 4.78 is 0.723. The van der Waals surface area contributed by atoms with E-state index in [4.69, 9.17) is 22.2 Å². The number of likely N-dealkylation sites (N-methyl/N-ethyl adjacent to an activating group) is 1. The standard InChI is InChI=1S/C31H34ClN7O10S2/c1-39(8-13-3-2-4-14(13)9-39)10-15-11-50-28-22(27(44)38(28)23(15)30(47)48)36-26(43)21(17-12-51-31(33)35-17)37-49-19(29(45)46)7-34-25(42)16-5-6-18(40)24(41)20(16)32/h5-6,12-14,19,22,28H,2-4,7-11H2,1H3,(H7-,33,34,35,36,37,40,41,42,43,45,46,47,48)/p+1/t13?,14?,19-,22+,28+,39?/m0/s1. The van der Waals surface area contributed by atoms with Crippen molar-refractivity contribution in [2.24, 2.45) is 17.0 Å². The first-order valence-electron chi connectivity index (χ1n) is 15.9. The Kier molecular flexibility index (Phi) is 10.1. The molecule has 8 N–H and O–H groups in total. The number of fused-ring (bicyclic) bond motifs is 2. The minimum absolute atomic E-state index is 0.0528. The van der Waals surface area contributed by atoms with Gasteiger partial charge in [-0.2, -0.15) is 0 Å². The maximum Gasteiger partial charge on any atom is 0.352 e. The summed E-state index contributed by atoms with van der Waals surface area (Å²) in [6, 6.07) is 1.00. The summed E-state index contributed by atoms with van der Waals surface area (Å²) in [5.41, 5.74) is 5.49. The highest BCUT2D eigenvalue weighted by Crippen LogP contribution is 2.44. The van der Waals surface area contributed by atoms with E-state index in [0.717, 1.165) is 41.0 Å². The number of carboxylic acids is 2. The minimum atomic E-state index is -1.84. The highest BCUT2D eigenvalue weighted by Gasteiger charge is 2.55. The van der Waals surface area contributed by atoms with Gasteiger partial charge in [-0.25, -0.2) is 14.6 Å². The van der Waals surface area contributed by atoms with Crippen LogP contribution in [-0.4, -0.2) is 127 Å². The number of halogens is 1. The second-order valence-electron chi connectivity index (χ2n) is 13.2. The van der Waals surface area contributed by atoms with Crippen LogP contribution >= 0.6 is 34.7 Å². The van der Waals surface area contributed by atoms with Crippen LogP contribution < -0.4 is 16.4 Å². The van der Waals surface area contributed by atoms with Crippen molar-refractivity contribution in [2.75, 3.05) is 44.7 Å². The lowest BCUT2D eigenvalue weighted by molar-refractivity contribution is -0.896. The normalized spacial score (nSPS) is 26.2. The summed E-state index contributed by atoms with van der Waals surface area (Å²) in [6.45, 7) is 1.79. The van der Waals surface area contributed by atoms with Crippen LogP contribution in [0.4, 0.5) is 5.13 Å². The fourth-order valence-corrected chi connectivity index (χ4v) is 9.43. The summed E-state index contributed by atoms with van der Waals surface area (Å²) in [7, 11) is 2.14. The molecule has 2 saturated heterocycles. The molecule has 4 heterocycles. The molecule has 2 unspecified atom stereocenters. The molecule has 51 heavy (non-hydrogen) atoms. The Morgan fingerprint density at radius 2 is 1.90 bits per heavy atom. The van der Waals surface area contributed by atoms with Gasteiger partial charge in [0.1, 0.15) is 29.4 Å². The number of hydrogen-bond acceptors (Lipinski definition) is 13. The molecule has 2 aromatic rings. The highest BCUT2D eigenvalue weighted by molar-refractivity contribution is 8.00. The Balaban J connectivity index is 1.15. The Morgan fingerprint density at radius 1 is 1.20 bits per heavy atom. The second-order valence-corrected chi connectivity index (χ2v) is 15.5. The summed E-state index contributed by atoms with van der Waals surface area (Å²) in [5, 5.41) is 48.1. The number of aliphatic carboxylic acids is 2. The van der Waals surface area contributed by atoms with E-state index in [1.165, 1.54) is 41.3 Å². The molecule has 0 radical (unpaired) electrons. The minimum Gasteiger partial charge on any atom is -0.504 e. The number of aromatic nitrogens is 1. The largest absolute Gasteiger partial charge is 0.504 e. The van der Waals surface area contributed by atoms with Crippen molar-refractivity contribution in [3.05, 3.63) is 45.1 Å². The maximum atomic E-state index is 13.6. The topological polar surface area (TPSA) is 254 Å². The SMILES string of the molecule is C[N+]1(CC2=C(C(=O)O)N3C(=O)[C@@H](NC(=O)/C(=N\O[C@@H](CNC(=O)c4ccc(O)c(O)c4Cl)C(=O)O)c4csc(N)n4)[C@H]3SC2)CC2CCCC2C1. The number of benzene rings is 1. The lowest BCUT2D eigenvalue weighted by Crippen LogP contribution is -2.71. The summed E-state index contributed by atoms with van der Waals surface area (Å²) >= 11 is 8.21. The van der Waals surface area contributed by atoms with Gasteiger partial charge in [-0.3, -0.25) is 19.3 Å². The van der Waals surface area contributed by atoms with E-state index in [1.807, 2.05) is 0 Å². The molecule has 1 aromatic heterocycles. The number of quaternary nitrogens is 1. The van der Waals surface area contributed by atoms with Gasteiger partial charge in [0.25, 0.3) is 17.7 Å². The number of carbonyl (C=O) groups is 5. The lowest BCUT2D eigenvalue weighted by Gasteiger charge is -2.49. The second kappa shape index (κ2) is 14.2. The third-order valence-corrected chi connectivity index (χ3v) is 12.0. The number of nitrogens with zero attached hydrogens (tertiary/aromatic N) is 4. The molecule has 17 nitrogen and oxygen atoms in total. The molecule has 0 spiro atoms. The number of amides is 3. The van der Waals surface area contributed by atoms with Crippen LogP contribution in [0.2, 0.25) is 5.02 Å². The fraction of sp³-hybridized carbons (Fsp3) is 0.452. The van der Waals surface area contributed by atoms with E-state index in [9.17, 15) is 44.4 Å². The Bertz CT molecular complexity index is 1860. The number of hydrogen-bond donors (Lipinski definition) is 7. The van der Waals surface area contributed by atoms with Gasteiger partial charge in [-0.1, -0.05) is 23.2 Å². The number of carbonyl (C=O) groups excluding carboxylic acids is 3. The van der Waals surface area contributed by atoms with Crippen molar-refractivity contribution in [3.8, 4) is 11.5 Å². The Labute approximate surface area is 303 Å². The first-order valence-corrected chi connectivity index (χ1v) is 18.2. The number of nitrogens with two attached hydrogens (primary N) is 1. The first kappa shape index (κ1) is 36.2. The third-order valence-electron chi connectivity index (χ3n) is 9.59. The number of β-lactam (4-membered cyclic amide) rings is 1. The Hall–Kier alpha value is -4.59. The number of nitrogens with one attached hydrogen (secondary N) is 2. The molecule has 272 valence electrons. The summed E-state index contributed by atoms with van der Waals surface area (Å²) in [6.07, 6.45) is 1.76. The molecular weight excluding hydrogens is 730 g/mol. The van der Waals surface area contributed by atoms with Gasteiger partial charge < -0.3 is 46.1 Å². The van der Waals surface area contributed by atoms with E-state index in [0.29, 0.717) is 29.7 Å². The molecule has 6 rings (SSSR count). The number of aromatic hydroxyl groups is 2. The van der Waals surface area contributed by atoms with Gasteiger partial charge in [-0.15, -0.1) is 23.1 Å². The highest BCUT2D eigenvalue weighted by atomic mass is 35.5. The molecule has 1 saturated carbocycles. The molecular formula is C31H35ClN7O10S2+. The monoisotopic (exact) mass is 764 g/mol. The van der Waals surface area contributed by atoms with Gasteiger partial charge in [0.15, 0.2) is 22.3 Å². The van der Waals surface area contributed by atoms with Crippen molar-refractivity contribution in [3.63, 3.8) is 0 Å². The third kappa shape index (κ3) is 7.15. The van der Waals surface area contributed by atoms with Gasteiger partial charge in [0.05, 0.1) is 37.3 Å². The van der Waals surface area contributed by atoms with Crippen molar-refractivity contribution in [1.29, 1.82) is 0 Å². The molecule has 3 amide bonds. The molecule has 4 aliphatic rings. The number of thioether (sulfide) groups is 1. The fourth-order valence-electron chi connectivity index (χ4n) is 7.30. The van der Waals surface area contributed by atoms with Crippen LogP contribution in [0.1, 0.15) is 35.3 Å². The van der Waals surface area contributed by atoms with Crippen LogP contribution in [0.15, 0.2) is 33.9 Å². The molecule has 5 atom stereocenters. The van der Waals surface area contributed by atoms with Crippen LogP contribution in [0.25, 0.3) is 0 Å². The number of rotatable bonds is 12. The number of anilines is 1.